The Balaban J connectivity index is 2.27. The molecule has 2 aromatic carbocycles. The molecular weight excluding hydrogens is 354 g/mol. The molecule has 140 valence electrons. The van der Waals surface area contributed by atoms with Gasteiger partial charge in [-0.25, -0.2) is 13.1 Å². The largest absolute Gasteiger partial charge is 0.494 e. The van der Waals surface area contributed by atoms with Gasteiger partial charge in [0.05, 0.1) is 30.6 Å². The lowest BCUT2D eigenvalue weighted by Gasteiger charge is -2.19. The molecule has 0 aliphatic carbocycles. The molecule has 0 aliphatic heterocycles. The summed E-state index contributed by atoms with van der Waals surface area (Å²) in [6.45, 7) is 4.36. The number of carbonyl (C=O) groups is 1. The van der Waals surface area contributed by atoms with Crippen LogP contribution < -0.4 is 9.46 Å². The van der Waals surface area contributed by atoms with Crippen molar-refractivity contribution in [3.8, 4) is 5.75 Å². The zero-order chi connectivity index (χ0) is 19.0. The molecule has 2 rings (SSSR count). The number of hydrogen-bond donors (Lipinski definition) is 1. The number of rotatable bonds is 9. The first-order chi connectivity index (χ1) is 12.5. The lowest BCUT2D eigenvalue weighted by molar-refractivity contribution is -0.143. The number of hydrogen-bond acceptors (Lipinski definition) is 5. The van der Waals surface area contributed by atoms with E-state index in [1.165, 1.54) is 12.1 Å². The molecule has 0 unspecified atom stereocenters. The fourth-order valence-electron chi connectivity index (χ4n) is 2.43. The quantitative estimate of drug-likeness (QED) is 0.679. The topological polar surface area (TPSA) is 81.7 Å². The van der Waals surface area contributed by atoms with Crippen molar-refractivity contribution in [2.75, 3.05) is 13.2 Å². The molecule has 1 atom stereocenters. The standard InChI is InChI=1S/C19H23NO5S/c1-3-24-16-12-10-15(11-13-16)18(14-19(21)25-4-2)20-26(22,23)17-8-6-5-7-9-17/h5-13,18,20H,3-4,14H2,1-2H3/t18-/m1/s1. The molecule has 0 amide bonds. The van der Waals surface area contributed by atoms with Gasteiger partial charge in [0, 0.05) is 0 Å². The fourth-order valence-corrected chi connectivity index (χ4v) is 3.68. The number of benzene rings is 2. The van der Waals surface area contributed by atoms with E-state index in [0.29, 0.717) is 17.9 Å². The number of sulfonamides is 1. The maximum Gasteiger partial charge on any atom is 0.307 e. The van der Waals surface area contributed by atoms with Gasteiger partial charge < -0.3 is 9.47 Å². The molecule has 0 spiro atoms. The van der Waals surface area contributed by atoms with Gasteiger partial charge in [-0.1, -0.05) is 30.3 Å². The van der Waals surface area contributed by atoms with Crippen LogP contribution in [0.2, 0.25) is 0 Å². The number of ether oxygens (including phenoxy) is 2. The number of nitrogens with one attached hydrogen (secondary N) is 1. The minimum atomic E-state index is -3.78. The summed E-state index contributed by atoms with van der Waals surface area (Å²) in [7, 11) is -3.78. The average Bonchev–Trinajstić information content (AvgIpc) is 2.63. The van der Waals surface area contributed by atoms with Crippen molar-refractivity contribution in [3.05, 3.63) is 60.2 Å². The van der Waals surface area contributed by atoms with Gasteiger partial charge in [-0.2, -0.15) is 0 Å². The highest BCUT2D eigenvalue weighted by Gasteiger charge is 2.24. The summed E-state index contributed by atoms with van der Waals surface area (Å²) >= 11 is 0. The minimum Gasteiger partial charge on any atom is -0.494 e. The molecule has 0 fully saturated rings. The molecule has 2 aromatic rings. The monoisotopic (exact) mass is 377 g/mol. The van der Waals surface area contributed by atoms with E-state index >= 15 is 0 Å². The van der Waals surface area contributed by atoms with Crippen molar-refractivity contribution in [2.45, 2.75) is 31.2 Å². The van der Waals surface area contributed by atoms with E-state index < -0.39 is 22.0 Å². The molecule has 0 aromatic heterocycles. The molecular formula is C19H23NO5S. The van der Waals surface area contributed by atoms with Crippen LogP contribution in [0.15, 0.2) is 59.5 Å². The van der Waals surface area contributed by atoms with Crippen molar-refractivity contribution in [1.82, 2.24) is 4.72 Å². The number of esters is 1. The van der Waals surface area contributed by atoms with Crippen LogP contribution in [0.1, 0.15) is 31.9 Å². The van der Waals surface area contributed by atoms with E-state index in [4.69, 9.17) is 9.47 Å². The predicted octanol–water partition coefficient (Wildman–Crippen LogP) is 3.06. The zero-order valence-corrected chi connectivity index (χ0v) is 15.7. The van der Waals surface area contributed by atoms with Crippen LogP contribution in [0.3, 0.4) is 0 Å². The molecule has 0 bridgehead atoms. The smallest absolute Gasteiger partial charge is 0.307 e. The second-order valence-corrected chi connectivity index (χ2v) is 7.21. The molecule has 7 heteroatoms. The second-order valence-electron chi connectivity index (χ2n) is 5.50. The Morgan fingerprint density at radius 2 is 1.65 bits per heavy atom. The van der Waals surface area contributed by atoms with Crippen molar-refractivity contribution < 1.29 is 22.7 Å². The maximum atomic E-state index is 12.6. The molecule has 0 radical (unpaired) electrons. The summed E-state index contributed by atoms with van der Waals surface area (Å²) in [6, 6.07) is 14.3. The zero-order valence-electron chi connectivity index (χ0n) is 14.8. The van der Waals surface area contributed by atoms with Crippen LogP contribution in [-0.4, -0.2) is 27.6 Å². The lowest BCUT2D eigenvalue weighted by Crippen LogP contribution is -2.30. The first kappa shape index (κ1) is 19.9. The molecule has 0 saturated carbocycles. The summed E-state index contributed by atoms with van der Waals surface area (Å²) in [4.78, 5) is 12.1. The summed E-state index contributed by atoms with van der Waals surface area (Å²) in [5.74, 6) is 0.208. The molecule has 26 heavy (non-hydrogen) atoms. The first-order valence-corrected chi connectivity index (χ1v) is 9.90. The van der Waals surface area contributed by atoms with Gasteiger partial charge in [-0.3, -0.25) is 4.79 Å². The van der Waals surface area contributed by atoms with E-state index in [-0.39, 0.29) is 17.9 Å². The van der Waals surface area contributed by atoms with Crippen LogP contribution in [0.5, 0.6) is 5.75 Å². The number of carbonyl (C=O) groups excluding carboxylic acids is 1. The SMILES string of the molecule is CCOC(=O)C[C@@H](NS(=O)(=O)c1ccccc1)c1ccc(OCC)cc1. The molecule has 1 N–H and O–H groups in total. The Morgan fingerprint density at radius 3 is 2.23 bits per heavy atom. The third-order valence-electron chi connectivity index (χ3n) is 3.62. The Labute approximate surface area is 154 Å². The first-order valence-electron chi connectivity index (χ1n) is 8.42. The van der Waals surface area contributed by atoms with E-state index in [2.05, 4.69) is 4.72 Å². The maximum absolute atomic E-state index is 12.6. The van der Waals surface area contributed by atoms with E-state index in [1.807, 2.05) is 6.92 Å². The summed E-state index contributed by atoms with van der Waals surface area (Å²) in [5, 5.41) is 0. The van der Waals surface area contributed by atoms with Gasteiger partial charge in [0.15, 0.2) is 0 Å². The molecule has 6 nitrogen and oxygen atoms in total. The molecule has 0 aliphatic rings. The van der Waals surface area contributed by atoms with Crippen LogP contribution in [0.25, 0.3) is 0 Å². The highest BCUT2D eigenvalue weighted by Crippen LogP contribution is 2.23. The summed E-state index contributed by atoms with van der Waals surface area (Å²) in [6.07, 6.45) is -0.103. The average molecular weight is 377 g/mol. The van der Waals surface area contributed by atoms with Crippen molar-refractivity contribution >= 4 is 16.0 Å². The lowest BCUT2D eigenvalue weighted by atomic mass is 10.0. The third kappa shape index (κ3) is 5.57. The third-order valence-corrected chi connectivity index (χ3v) is 5.11. The highest BCUT2D eigenvalue weighted by molar-refractivity contribution is 7.89. The van der Waals surface area contributed by atoms with E-state index in [0.717, 1.165) is 0 Å². The molecule has 0 heterocycles. The Kier molecular flexibility index (Phi) is 7.17. The summed E-state index contributed by atoms with van der Waals surface area (Å²) < 4.78 is 38.2. The van der Waals surface area contributed by atoms with Crippen LogP contribution in [-0.2, 0) is 19.6 Å². The minimum absolute atomic E-state index is 0.103. The Bertz CT molecular complexity index is 804. The van der Waals surface area contributed by atoms with E-state index in [9.17, 15) is 13.2 Å². The van der Waals surface area contributed by atoms with Crippen molar-refractivity contribution in [3.63, 3.8) is 0 Å². The van der Waals surface area contributed by atoms with Crippen molar-refractivity contribution in [1.29, 1.82) is 0 Å². The van der Waals surface area contributed by atoms with Gasteiger partial charge in [-0.05, 0) is 43.7 Å². The Morgan fingerprint density at radius 1 is 1.00 bits per heavy atom. The molecule has 0 saturated heterocycles. The van der Waals surface area contributed by atoms with Crippen LogP contribution in [0, 0.1) is 0 Å². The van der Waals surface area contributed by atoms with Crippen LogP contribution >= 0.6 is 0 Å². The van der Waals surface area contributed by atoms with Gasteiger partial charge in [0.1, 0.15) is 5.75 Å². The fraction of sp³-hybridized carbons (Fsp3) is 0.316. The highest BCUT2D eigenvalue weighted by atomic mass is 32.2. The van der Waals surface area contributed by atoms with Gasteiger partial charge in [-0.15, -0.1) is 0 Å². The van der Waals surface area contributed by atoms with Crippen molar-refractivity contribution in [2.24, 2.45) is 0 Å². The normalized spacial score (nSPS) is 12.4. The van der Waals surface area contributed by atoms with Gasteiger partial charge in [0.2, 0.25) is 10.0 Å². The summed E-state index contributed by atoms with van der Waals surface area (Å²) in [5.41, 5.74) is 0.654. The van der Waals surface area contributed by atoms with Gasteiger partial charge in [0.25, 0.3) is 0 Å². The van der Waals surface area contributed by atoms with Gasteiger partial charge >= 0.3 is 5.97 Å². The van der Waals surface area contributed by atoms with E-state index in [1.54, 1.807) is 49.4 Å². The predicted molar refractivity (Wildman–Crippen MR) is 98.4 cm³/mol. The second kappa shape index (κ2) is 9.35. The van der Waals surface area contributed by atoms with Crippen LogP contribution in [0.4, 0.5) is 0 Å². The Hall–Kier alpha value is -2.38.